The van der Waals surface area contributed by atoms with Gasteiger partial charge in [-0.25, -0.2) is 0 Å². The standard InChI is InChI=1S/C16H16Br2O2/c1-2-9-20-13-6-3-11(4-7-13)16(19)14-8-5-12(17)10-15(14)18/h3-8,10,16,19H,2,9H2,1H3. The average Bonchev–Trinajstić information content (AvgIpc) is 2.45. The van der Waals surface area contributed by atoms with E-state index in [-0.39, 0.29) is 0 Å². The van der Waals surface area contributed by atoms with Crippen molar-refractivity contribution < 1.29 is 9.84 Å². The highest BCUT2D eigenvalue weighted by Crippen LogP contribution is 2.31. The van der Waals surface area contributed by atoms with Crippen molar-refractivity contribution in [3.8, 4) is 5.75 Å². The third kappa shape index (κ3) is 3.84. The fourth-order valence-electron chi connectivity index (χ4n) is 1.87. The molecule has 106 valence electrons. The highest BCUT2D eigenvalue weighted by Gasteiger charge is 2.13. The summed E-state index contributed by atoms with van der Waals surface area (Å²) in [5.74, 6) is 0.831. The van der Waals surface area contributed by atoms with Crippen LogP contribution in [0.4, 0.5) is 0 Å². The lowest BCUT2D eigenvalue weighted by Gasteiger charge is -2.14. The second kappa shape index (κ2) is 7.25. The van der Waals surface area contributed by atoms with E-state index in [1.165, 1.54) is 0 Å². The molecule has 0 fully saturated rings. The average molecular weight is 400 g/mol. The zero-order valence-electron chi connectivity index (χ0n) is 11.1. The van der Waals surface area contributed by atoms with Crippen molar-refractivity contribution in [1.29, 1.82) is 0 Å². The molecule has 0 saturated heterocycles. The molecule has 2 rings (SSSR count). The van der Waals surface area contributed by atoms with Crippen LogP contribution in [0.1, 0.15) is 30.6 Å². The van der Waals surface area contributed by atoms with E-state index in [1.54, 1.807) is 0 Å². The van der Waals surface area contributed by atoms with Gasteiger partial charge < -0.3 is 9.84 Å². The molecule has 0 aromatic heterocycles. The quantitative estimate of drug-likeness (QED) is 0.759. The summed E-state index contributed by atoms with van der Waals surface area (Å²) in [6.45, 7) is 2.78. The number of rotatable bonds is 5. The lowest BCUT2D eigenvalue weighted by molar-refractivity contribution is 0.219. The molecule has 0 radical (unpaired) electrons. The molecule has 0 amide bonds. The van der Waals surface area contributed by atoms with Gasteiger partial charge in [-0.3, -0.25) is 0 Å². The minimum Gasteiger partial charge on any atom is -0.494 e. The molecule has 0 aliphatic rings. The van der Waals surface area contributed by atoms with Gasteiger partial charge in [0, 0.05) is 8.95 Å². The molecule has 2 nitrogen and oxygen atoms in total. The molecule has 4 heteroatoms. The monoisotopic (exact) mass is 398 g/mol. The van der Waals surface area contributed by atoms with Crippen LogP contribution < -0.4 is 4.74 Å². The Labute approximate surface area is 136 Å². The summed E-state index contributed by atoms with van der Waals surface area (Å²) in [6.07, 6.45) is 0.327. The van der Waals surface area contributed by atoms with Gasteiger partial charge in [-0.05, 0) is 41.8 Å². The van der Waals surface area contributed by atoms with Gasteiger partial charge in [-0.2, -0.15) is 0 Å². The smallest absolute Gasteiger partial charge is 0.119 e. The Bertz CT molecular complexity index is 567. The van der Waals surface area contributed by atoms with E-state index >= 15 is 0 Å². The predicted molar refractivity (Wildman–Crippen MR) is 88.1 cm³/mol. The lowest BCUT2D eigenvalue weighted by Crippen LogP contribution is -2.01. The van der Waals surface area contributed by atoms with Crippen LogP contribution in [-0.4, -0.2) is 11.7 Å². The number of aliphatic hydroxyl groups is 1. The Kier molecular flexibility index (Phi) is 5.64. The Morgan fingerprint density at radius 1 is 1.10 bits per heavy atom. The third-order valence-electron chi connectivity index (χ3n) is 2.93. The second-order valence-electron chi connectivity index (χ2n) is 4.49. The van der Waals surface area contributed by atoms with Gasteiger partial charge in [0.2, 0.25) is 0 Å². The maximum Gasteiger partial charge on any atom is 0.119 e. The van der Waals surface area contributed by atoms with Gasteiger partial charge in [-0.1, -0.05) is 57.0 Å². The number of aliphatic hydroxyl groups excluding tert-OH is 1. The van der Waals surface area contributed by atoms with Crippen LogP contribution >= 0.6 is 31.9 Å². The first-order chi connectivity index (χ1) is 9.61. The molecule has 0 saturated carbocycles. The first-order valence-corrected chi connectivity index (χ1v) is 8.06. The highest BCUT2D eigenvalue weighted by atomic mass is 79.9. The van der Waals surface area contributed by atoms with Crippen molar-refractivity contribution in [2.45, 2.75) is 19.4 Å². The van der Waals surface area contributed by atoms with E-state index in [4.69, 9.17) is 4.74 Å². The van der Waals surface area contributed by atoms with Gasteiger partial charge >= 0.3 is 0 Å². The molecule has 0 aliphatic carbocycles. The zero-order valence-corrected chi connectivity index (χ0v) is 14.3. The maximum absolute atomic E-state index is 10.4. The van der Waals surface area contributed by atoms with Crippen molar-refractivity contribution in [3.05, 3.63) is 62.5 Å². The molecule has 0 aliphatic heterocycles. The zero-order chi connectivity index (χ0) is 14.5. The maximum atomic E-state index is 10.4. The van der Waals surface area contributed by atoms with Crippen LogP contribution in [-0.2, 0) is 0 Å². The summed E-state index contributed by atoms with van der Waals surface area (Å²) < 4.78 is 7.39. The fraction of sp³-hybridized carbons (Fsp3) is 0.250. The van der Waals surface area contributed by atoms with E-state index in [9.17, 15) is 5.11 Å². The number of hydrogen-bond acceptors (Lipinski definition) is 2. The van der Waals surface area contributed by atoms with Gasteiger partial charge in [0.15, 0.2) is 0 Å². The lowest BCUT2D eigenvalue weighted by atomic mass is 10.0. The highest BCUT2D eigenvalue weighted by molar-refractivity contribution is 9.11. The van der Waals surface area contributed by atoms with Crippen LogP contribution in [0.25, 0.3) is 0 Å². The topological polar surface area (TPSA) is 29.5 Å². The molecule has 2 aromatic carbocycles. The summed E-state index contributed by atoms with van der Waals surface area (Å²) in [7, 11) is 0. The van der Waals surface area contributed by atoms with Gasteiger partial charge in [-0.15, -0.1) is 0 Å². The molecule has 2 aromatic rings. The number of halogens is 2. The van der Waals surface area contributed by atoms with Gasteiger partial charge in [0.05, 0.1) is 6.61 Å². The number of hydrogen-bond donors (Lipinski definition) is 1. The second-order valence-corrected chi connectivity index (χ2v) is 6.26. The van der Waals surface area contributed by atoms with Crippen molar-refractivity contribution >= 4 is 31.9 Å². The van der Waals surface area contributed by atoms with Crippen molar-refractivity contribution in [2.75, 3.05) is 6.61 Å². The molecule has 0 heterocycles. The van der Waals surface area contributed by atoms with Crippen LogP contribution in [0.15, 0.2) is 51.4 Å². The molecule has 0 spiro atoms. The van der Waals surface area contributed by atoms with Crippen LogP contribution in [0.2, 0.25) is 0 Å². The normalized spacial score (nSPS) is 12.2. The van der Waals surface area contributed by atoms with Crippen molar-refractivity contribution in [2.24, 2.45) is 0 Å². The molecule has 0 bridgehead atoms. The number of ether oxygens (including phenoxy) is 1. The number of benzene rings is 2. The summed E-state index contributed by atoms with van der Waals surface area (Å²) >= 11 is 6.89. The van der Waals surface area contributed by atoms with E-state index in [0.29, 0.717) is 6.61 Å². The van der Waals surface area contributed by atoms with E-state index in [1.807, 2.05) is 42.5 Å². The first kappa shape index (κ1) is 15.5. The largest absolute Gasteiger partial charge is 0.494 e. The Hall–Kier alpha value is -0.840. The predicted octanol–water partition coefficient (Wildman–Crippen LogP) is 5.08. The van der Waals surface area contributed by atoms with E-state index < -0.39 is 6.10 Å². The molecule has 20 heavy (non-hydrogen) atoms. The van der Waals surface area contributed by atoms with Crippen molar-refractivity contribution in [3.63, 3.8) is 0 Å². The van der Waals surface area contributed by atoms with Crippen molar-refractivity contribution in [1.82, 2.24) is 0 Å². The van der Waals surface area contributed by atoms with Crippen LogP contribution in [0, 0.1) is 0 Å². The Balaban J connectivity index is 2.18. The van der Waals surface area contributed by atoms with Gasteiger partial charge in [0.1, 0.15) is 11.9 Å². The van der Waals surface area contributed by atoms with E-state index in [0.717, 1.165) is 32.2 Å². The van der Waals surface area contributed by atoms with E-state index in [2.05, 4.69) is 38.8 Å². The summed E-state index contributed by atoms with van der Waals surface area (Å²) in [5, 5.41) is 10.4. The van der Waals surface area contributed by atoms with Crippen LogP contribution in [0.5, 0.6) is 5.75 Å². The molecule has 1 atom stereocenters. The Morgan fingerprint density at radius 2 is 1.80 bits per heavy atom. The summed E-state index contributed by atoms with van der Waals surface area (Å²) in [4.78, 5) is 0. The molecule has 1 N–H and O–H groups in total. The molecular weight excluding hydrogens is 384 g/mol. The molecular formula is C16H16Br2O2. The minimum atomic E-state index is -0.655. The minimum absolute atomic E-state index is 0.655. The Morgan fingerprint density at radius 3 is 2.40 bits per heavy atom. The first-order valence-electron chi connectivity index (χ1n) is 6.47. The SMILES string of the molecule is CCCOc1ccc(C(O)c2ccc(Br)cc2Br)cc1. The fourth-order valence-corrected chi connectivity index (χ4v) is 3.13. The van der Waals surface area contributed by atoms with Crippen LogP contribution in [0.3, 0.4) is 0 Å². The summed E-state index contributed by atoms with van der Waals surface area (Å²) in [5.41, 5.74) is 1.69. The third-order valence-corrected chi connectivity index (χ3v) is 4.11. The summed E-state index contributed by atoms with van der Waals surface area (Å²) in [6, 6.07) is 13.3. The van der Waals surface area contributed by atoms with Gasteiger partial charge in [0.25, 0.3) is 0 Å². The molecule has 1 unspecified atom stereocenters.